The minimum atomic E-state index is -0.825. The molecule has 0 aromatic heterocycles. The summed E-state index contributed by atoms with van der Waals surface area (Å²) in [6.07, 6.45) is 4.37. The Morgan fingerprint density at radius 3 is 2.53 bits per heavy atom. The molecule has 1 aromatic carbocycles. The third-order valence-electron chi connectivity index (χ3n) is 7.03. The third-order valence-corrected chi connectivity index (χ3v) is 7.03. The Morgan fingerprint density at radius 2 is 1.91 bits per heavy atom. The highest BCUT2D eigenvalue weighted by atomic mass is 16.5. The number of carbonyl (C=O) groups is 3. The molecule has 0 unspecified atom stereocenters. The van der Waals surface area contributed by atoms with E-state index in [0.717, 1.165) is 11.1 Å². The van der Waals surface area contributed by atoms with E-state index in [1.807, 2.05) is 65.0 Å². The number of fused-ring (bicyclic) bond motifs is 1. The molecule has 186 valence electrons. The summed E-state index contributed by atoms with van der Waals surface area (Å²) in [4.78, 5) is 42.0. The molecule has 34 heavy (non-hydrogen) atoms. The second kappa shape index (κ2) is 10.7. The van der Waals surface area contributed by atoms with Gasteiger partial charge < -0.3 is 20.1 Å². The maximum Gasteiger partial charge on any atom is 0.310 e. The second-order valence-corrected chi connectivity index (χ2v) is 10.1. The fourth-order valence-electron chi connectivity index (χ4n) is 5.43. The van der Waals surface area contributed by atoms with E-state index in [-0.39, 0.29) is 36.9 Å². The molecule has 7 nitrogen and oxygen atoms in total. The molecule has 1 aliphatic carbocycles. The highest BCUT2D eigenvalue weighted by Crippen LogP contribution is 2.45. The van der Waals surface area contributed by atoms with Crippen LogP contribution in [0, 0.1) is 43.4 Å². The number of amides is 2. The molecular formula is C27H38N2O5. The van der Waals surface area contributed by atoms with Gasteiger partial charge in [-0.25, -0.2) is 0 Å². The van der Waals surface area contributed by atoms with Gasteiger partial charge in [-0.15, -0.1) is 0 Å². The van der Waals surface area contributed by atoms with E-state index >= 15 is 0 Å². The molecule has 2 amide bonds. The zero-order valence-electron chi connectivity index (χ0n) is 21.1. The zero-order valence-corrected chi connectivity index (χ0v) is 21.1. The average Bonchev–Trinajstić information content (AvgIpc) is 3.06. The van der Waals surface area contributed by atoms with Gasteiger partial charge in [-0.3, -0.25) is 14.4 Å². The monoisotopic (exact) mass is 470 g/mol. The lowest BCUT2D eigenvalue weighted by Gasteiger charge is -2.34. The molecule has 6 atom stereocenters. The smallest absolute Gasteiger partial charge is 0.310 e. The Morgan fingerprint density at radius 1 is 1.21 bits per heavy atom. The Hall–Kier alpha value is -2.67. The lowest BCUT2D eigenvalue weighted by Crippen LogP contribution is -2.51. The van der Waals surface area contributed by atoms with Gasteiger partial charge in [-0.05, 0) is 56.2 Å². The molecule has 1 fully saturated rings. The molecule has 1 saturated heterocycles. The number of aryl methyl sites for hydroxylation is 2. The number of hydrogen-bond donors (Lipinski definition) is 2. The van der Waals surface area contributed by atoms with Crippen LogP contribution in [0.3, 0.4) is 0 Å². The quantitative estimate of drug-likeness (QED) is 0.448. The predicted molar refractivity (Wildman–Crippen MR) is 131 cm³/mol. The van der Waals surface area contributed by atoms with E-state index < -0.39 is 35.8 Å². The standard InChI is InChI=1S/C27H38N2O5/c1-7-34-27(33)22-18(6)10-11-20-23(22)26(32)29(19(14-30)12-15(2)3)24(20)25(31)28-21-13-16(4)8-9-17(21)5/h8-11,13,15,18-20,22-24,30H,7,12,14H2,1-6H3,(H,28,31)/t18-,19-,20+,22-,23-,24+/m1/s1. The number of allylic oxidation sites excluding steroid dienone is 1. The van der Waals surface area contributed by atoms with Gasteiger partial charge in [0.25, 0.3) is 0 Å². The van der Waals surface area contributed by atoms with Crippen molar-refractivity contribution < 1.29 is 24.2 Å². The van der Waals surface area contributed by atoms with Crippen molar-refractivity contribution in [3.8, 4) is 0 Å². The topological polar surface area (TPSA) is 95.9 Å². The van der Waals surface area contributed by atoms with Gasteiger partial charge in [0.1, 0.15) is 6.04 Å². The molecule has 0 radical (unpaired) electrons. The van der Waals surface area contributed by atoms with Crippen molar-refractivity contribution in [2.75, 3.05) is 18.5 Å². The molecule has 2 N–H and O–H groups in total. The molecule has 0 spiro atoms. The van der Waals surface area contributed by atoms with Crippen LogP contribution in [0.5, 0.6) is 0 Å². The molecule has 1 aromatic rings. The molecule has 1 heterocycles. The number of nitrogens with zero attached hydrogens (tertiary/aromatic N) is 1. The Balaban J connectivity index is 2.04. The van der Waals surface area contributed by atoms with Crippen molar-refractivity contribution >= 4 is 23.5 Å². The van der Waals surface area contributed by atoms with Crippen LogP contribution < -0.4 is 5.32 Å². The lowest BCUT2D eigenvalue weighted by atomic mass is 9.70. The normalized spacial score (nSPS) is 27.0. The SMILES string of the molecule is CCOC(=O)[C@H]1[C@@H]2C(=O)N([C@@H](CO)CC(C)C)[C@H](C(=O)Nc3cc(C)ccc3C)[C@H]2C=C[C@H]1C. The van der Waals surface area contributed by atoms with Gasteiger partial charge >= 0.3 is 5.97 Å². The Kier molecular flexibility index (Phi) is 8.18. The number of hydrogen-bond acceptors (Lipinski definition) is 5. The first kappa shape index (κ1) is 25.9. The van der Waals surface area contributed by atoms with Crippen LogP contribution in [-0.2, 0) is 19.1 Å². The number of rotatable bonds is 8. The fourth-order valence-corrected chi connectivity index (χ4v) is 5.43. The van der Waals surface area contributed by atoms with Crippen LogP contribution in [0.15, 0.2) is 30.4 Å². The summed E-state index contributed by atoms with van der Waals surface area (Å²) in [5.41, 5.74) is 2.63. The first-order valence-corrected chi connectivity index (χ1v) is 12.3. The first-order valence-electron chi connectivity index (χ1n) is 12.3. The average molecular weight is 471 g/mol. The summed E-state index contributed by atoms with van der Waals surface area (Å²) in [7, 11) is 0. The number of nitrogens with one attached hydrogen (secondary N) is 1. The summed E-state index contributed by atoms with van der Waals surface area (Å²) in [5, 5.41) is 13.3. The van der Waals surface area contributed by atoms with Crippen molar-refractivity contribution in [1.29, 1.82) is 0 Å². The van der Waals surface area contributed by atoms with Gasteiger partial charge in [-0.2, -0.15) is 0 Å². The largest absolute Gasteiger partial charge is 0.466 e. The molecule has 7 heteroatoms. The van der Waals surface area contributed by atoms with Crippen molar-refractivity contribution in [2.24, 2.45) is 29.6 Å². The van der Waals surface area contributed by atoms with Gasteiger partial charge in [0.15, 0.2) is 0 Å². The minimum Gasteiger partial charge on any atom is -0.466 e. The number of benzene rings is 1. The lowest BCUT2D eigenvalue weighted by molar-refractivity contribution is -0.156. The maximum atomic E-state index is 13.9. The molecule has 3 rings (SSSR count). The summed E-state index contributed by atoms with van der Waals surface area (Å²) in [6.45, 7) is 11.5. The van der Waals surface area contributed by atoms with Crippen molar-refractivity contribution in [1.82, 2.24) is 4.90 Å². The Labute approximate surface area is 202 Å². The van der Waals surface area contributed by atoms with Crippen LogP contribution in [0.25, 0.3) is 0 Å². The van der Waals surface area contributed by atoms with Crippen LogP contribution >= 0.6 is 0 Å². The van der Waals surface area contributed by atoms with E-state index in [4.69, 9.17) is 4.74 Å². The van der Waals surface area contributed by atoms with Gasteiger partial charge in [-0.1, -0.05) is 45.1 Å². The molecular weight excluding hydrogens is 432 g/mol. The molecule has 0 saturated carbocycles. The second-order valence-electron chi connectivity index (χ2n) is 10.1. The molecule has 1 aliphatic heterocycles. The van der Waals surface area contributed by atoms with Crippen molar-refractivity contribution in [3.63, 3.8) is 0 Å². The number of carbonyl (C=O) groups excluding carboxylic acids is 3. The van der Waals surface area contributed by atoms with E-state index in [0.29, 0.717) is 12.1 Å². The fraction of sp³-hybridized carbons (Fsp3) is 0.593. The highest BCUT2D eigenvalue weighted by molar-refractivity contribution is 6.02. The number of esters is 1. The summed E-state index contributed by atoms with van der Waals surface area (Å²) in [6, 6.07) is 4.49. The minimum absolute atomic E-state index is 0.190. The van der Waals surface area contributed by atoms with Crippen LogP contribution in [0.4, 0.5) is 5.69 Å². The van der Waals surface area contributed by atoms with E-state index in [2.05, 4.69) is 5.32 Å². The first-order chi connectivity index (χ1) is 16.1. The highest BCUT2D eigenvalue weighted by Gasteiger charge is 2.58. The zero-order chi connectivity index (χ0) is 25.2. The van der Waals surface area contributed by atoms with Crippen molar-refractivity contribution in [2.45, 2.75) is 60.0 Å². The summed E-state index contributed by atoms with van der Waals surface area (Å²) in [5.74, 6) is -2.81. The number of anilines is 1. The molecule has 0 bridgehead atoms. The Bertz CT molecular complexity index is 956. The van der Waals surface area contributed by atoms with Crippen LogP contribution in [0.1, 0.15) is 45.2 Å². The van der Waals surface area contributed by atoms with Crippen LogP contribution in [0.2, 0.25) is 0 Å². The third kappa shape index (κ3) is 5.04. The van der Waals surface area contributed by atoms with E-state index in [1.54, 1.807) is 11.8 Å². The van der Waals surface area contributed by atoms with E-state index in [1.165, 1.54) is 0 Å². The van der Waals surface area contributed by atoms with Gasteiger partial charge in [0, 0.05) is 11.6 Å². The van der Waals surface area contributed by atoms with Crippen LogP contribution in [-0.4, -0.2) is 53.1 Å². The van der Waals surface area contributed by atoms with Gasteiger partial charge in [0.2, 0.25) is 11.8 Å². The predicted octanol–water partition coefficient (Wildman–Crippen LogP) is 3.48. The number of ether oxygens (including phenoxy) is 1. The van der Waals surface area contributed by atoms with Gasteiger partial charge in [0.05, 0.1) is 31.1 Å². The maximum absolute atomic E-state index is 13.9. The van der Waals surface area contributed by atoms with Crippen molar-refractivity contribution in [3.05, 3.63) is 41.5 Å². The summed E-state index contributed by atoms with van der Waals surface area (Å²) < 4.78 is 5.32. The van der Waals surface area contributed by atoms with E-state index in [9.17, 15) is 19.5 Å². The number of likely N-dealkylation sites (tertiary alicyclic amines) is 1. The summed E-state index contributed by atoms with van der Waals surface area (Å²) >= 11 is 0. The molecule has 2 aliphatic rings. The number of aliphatic hydroxyl groups excluding tert-OH is 1. The number of aliphatic hydroxyl groups is 1.